The van der Waals surface area contributed by atoms with Crippen molar-refractivity contribution in [1.82, 2.24) is 0 Å². The van der Waals surface area contributed by atoms with Crippen molar-refractivity contribution in [1.29, 1.82) is 0 Å². The van der Waals surface area contributed by atoms with Gasteiger partial charge in [-0.05, 0) is 24.7 Å². The van der Waals surface area contributed by atoms with E-state index in [1.165, 1.54) is 0 Å². The maximum atomic E-state index is 10.7. The lowest BCUT2D eigenvalue weighted by Gasteiger charge is -2.18. The highest BCUT2D eigenvalue weighted by atomic mass is 16.4. The summed E-state index contributed by atoms with van der Waals surface area (Å²) in [5, 5.41) is 8.83. The number of carbonyl (C=O) groups is 1. The smallest absolute Gasteiger partial charge is 0.306 e. The third-order valence-electron chi connectivity index (χ3n) is 2.74. The van der Waals surface area contributed by atoms with Gasteiger partial charge < -0.3 is 5.11 Å². The molecule has 64 valence electrons. The molecule has 2 heteroatoms. The van der Waals surface area contributed by atoms with Crippen LogP contribution >= 0.6 is 0 Å². The van der Waals surface area contributed by atoms with Gasteiger partial charge >= 0.3 is 5.97 Å². The first-order chi connectivity index (χ1) is 5.13. The summed E-state index contributed by atoms with van der Waals surface area (Å²) in [6, 6.07) is 0. The topological polar surface area (TPSA) is 37.3 Å². The van der Waals surface area contributed by atoms with Gasteiger partial charge in [0.15, 0.2) is 0 Å². The average molecular weight is 156 g/mol. The Balaban J connectivity index is 2.58. The Hall–Kier alpha value is -0.530. The van der Waals surface area contributed by atoms with Crippen LogP contribution in [0, 0.1) is 17.8 Å². The fourth-order valence-corrected chi connectivity index (χ4v) is 2.09. The van der Waals surface area contributed by atoms with E-state index >= 15 is 0 Å². The van der Waals surface area contributed by atoms with E-state index in [1.54, 1.807) is 0 Å². The SMILES string of the molecule is CC(C)[C@@H]1CCC[C@@H]1C(=O)O. The zero-order valence-electron chi connectivity index (χ0n) is 7.21. The molecule has 2 atom stereocenters. The van der Waals surface area contributed by atoms with Gasteiger partial charge in [0.1, 0.15) is 0 Å². The van der Waals surface area contributed by atoms with Crippen LogP contribution in [0.3, 0.4) is 0 Å². The molecule has 1 saturated carbocycles. The molecule has 0 aromatic rings. The standard InChI is InChI=1S/C9H16O2/c1-6(2)7-4-3-5-8(7)9(10)11/h6-8H,3-5H2,1-2H3,(H,10,11)/t7-,8-/m0/s1. The van der Waals surface area contributed by atoms with Gasteiger partial charge in [-0.3, -0.25) is 4.79 Å². The predicted octanol–water partition coefficient (Wildman–Crippen LogP) is 2.14. The maximum Gasteiger partial charge on any atom is 0.306 e. The van der Waals surface area contributed by atoms with E-state index in [1.807, 2.05) is 0 Å². The van der Waals surface area contributed by atoms with E-state index in [0.29, 0.717) is 11.8 Å². The largest absolute Gasteiger partial charge is 0.481 e. The number of rotatable bonds is 2. The molecule has 0 saturated heterocycles. The van der Waals surface area contributed by atoms with Crippen molar-refractivity contribution in [3.05, 3.63) is 0 Å². The molecule has 11 heavy (non-hydrogen) atoms. The molecule has 0 aromatic heterocycles. The highest BCUT2D eigenvalue weighted by molar-refractivity contribution is 5.70. The molecule has 0 aromatic carbocycles. The first-order valence-electron chi connectivity index (χ1n) is 4.35. The predicted molar refractivity (Wildman–Crippen MR) is 43.3 cm³/mol. The van der Waals surface area contributed by atoms with Crippen molar-refractivity contribution in [2.24, 2.45) is 17.8 Å². The molecule has 0 radical (unpaired) electrons. The van der Waals surface area contributed by atoms with Crippen molar-refractivity contribution < 1.29 is 9.90 Å². The zero-order valence-corrected chi connectivity index (χ0v) is 7.21. The molecule has 1 N–H and O–H groups in total. The van der Waals surface area contributed by atoms with Crippen molar-refractivity contribution in [3.8, 4) is 0 Å². The van der Waals surface area contributed by atoms with Crippen LogP contribution in [0.5, 0.6) is 0 Å². The minimum Gasteiger partial charge on any atom is -0.481 e. The van der Waals surface area contributed by atoms with Crippen molar-refractivity contribution in [2.45, 2.75) is 33.1 Å². The Kier molecular flexibility index (Phi) is 2.53. The van der Waals surface area contributed by atoms with Gasteiger partial charge in [0.05, 0.1) is 5.92 Å². The zero-order chi connectivity index (χ0) is 8.43. The molecule has 0 spiro atoms. The normalized spacial score (nSPS) is 31.2. The third kappa shape index (κ3) is 1.73. The lowest BCUT2D eigenvalue weighted by molar-refractivity contribution is -0.143. The van der Waals surface area contributed by atoms with Gasteiger partial charge in [-0.25, -0.2) is 0 Å². The quantitative estimate of drug-likeness (QED) is 0.665. The van der Waals surface area contributed by atoms with Gasteiger partial charge in [-0.15, -0.1) is 0 Å². The second-order valence-corrected chi connectivity index (χ2v) is 3.78. The molecule has 2 nitrogen and oxygen atoms in total. The van der Waals surface area contributed by atoms with Crippen LogP contribution in [-0.2, 0) is 4.79 Å². The number of carboxylic acid groups (broad SMARTS) is 1. The molecule has 0 bridgehead atoms. The summed E-state index contributed by atoms with van der Waals surface area (Å²) in [6.45, 7) is 4.23. The van der Waals surface area contributed by atoms with Gasteiger partial charge in [-0.2, -0.15) is 0 Å². The van der Waals surface area contributed by atoms with E-state index in [0.717, 1.165) is 19.3 Å². The van der Waals surface area contributed by atoms with Crippen molar-refractivity contribution >= 4 is 5.97 Å². The molecule has 1 aliphatic rings. The Morgan fingerprint density at radius 1 is 1.45 bits per heavy atom. The second-order valence-electron chi connectivity index (χ2n) is 3.78. The summed E-state index contributed by atoms with van der Waals surface area (Å²) in [6.07, 6.45) is 3.09. The van der Waals surface area contributed by atoms with Gasteiger partial charge in [0.2, 0.25) is 0 Å². The van der Waals surface area contributed by atoms with Gasteiger partial charge in [0, 0.05) is 0 Å². The van der Waals surface area contributed by atoms with Gasteiger partial charge in [-0.1, -0.05) is 20.3 Å². The molecule has 1 fully saturated rings. The highest BCUT2D eigenvalue weighted by Crippen LogP contribution is 2.36. The van der Waals surface area contributed by atoms with Crippen LogP contribution in [0.1, 0.15) is 33.1 Å². The van der Waals surface area contributed by atoms with Crippen molar-refractivity contribution in [2.75, 3.05) is 0 Å². The minimum atomic E-state index is -0.596. The van der Waals surface area contributed by atoms with E-state index < -0.39 is 5.97 Å². The minimum absolute atomic E-state index is 0.0602. The number of hydrogen-bond acceptors (Lipinski definition) is 1. The van der Waals surface area contributed by atoms with E-state index in [9.17, 15) is 4.79 Å². The van der Waals surface area contributed by atoms with Crippen LogP contribution in [0.2, 0.25) is 0 Å². The van der Waals surface area contributed by atoms with Gasteiger partial charge in [0.25, 0.3) is 0 Å². The third-order valence-corrected chi connectivity index (χ3v) is 2.74. The van der Waals surface area contributed by atoms with Crippen LogP contribution < -0.4 is 0 Å². The Morgan fingerprint density at radius 2 is 2.09 bits per heavy atom. The summed E-state index contributed by atoms with van der Waals surface area (Å²) in [5.74, 6) is 0.294. The monoisotopic (exact) mass is 156 g/mol. The first-order valence-corrected chi connectivity index (χ1v) is 4.35. The average Bonchev–Trinajstić information content (AvgIpc) is 2.32. The fraction of sp³-hybridized carbons (Fsp3) is 0.889. The molecule has 0 amide bonds. The van der Waals surface area contributed by atoms with Crippen molar-refractivity contribution in [3.63, 3.8) is 0 Å². The van der Waals surface area contributed by atoms with Crippen LogP contribution in [0.25, 0.3) is 0 Å². The Labute approximate surface area is 67.6 Å². The molecular weight excluding hydrogens is 140 g/mol. The fourth-order valence-electron chi connectivity index (χ4n) is 2.09. The van der Waals surface area contributed by atoms with E-state index in [4.69, 9.17) is 5.11 Å². The molecule has 0 aliphatic heterocycles. The summed E-state index contributed by atoms with van der Waals surface area (Å²) in [4.78, 5) is 10.7. The number of carboxylic acids is 1. The highest BCUT2D eigenvalue weighted by Gasteiger charge is 2.34. The maximum absolute atomic E-state index is 10.7. The Morgan fingerprint density at radius 3 is 2.45 bits per heavy atom. The van der Waals surface area contributed by atoms with Crippen LogP contribution in [0.4, 0.5) is 0 Å². The summed E-state index contributed by atoms with van der Waals surface area (Å²) in [5.41, 5.74) is 0. The van der Waals surface area contributed by atoms with E-state index in [-0.39, 0.29) is 5.92 Å². The Bertz CT molecular complexity index is 152. The molecule has 0 heterocycles. The molecular formula is C9H16O2. The number of hydrogen-bond donors (Lipinski definition) is 1. The lowest BCUT2D eigenvalue weighted by Crippen LogP contribution is -2.21. The molecule has 1 aliphatic carbocycles. The lowest BCUT2D eigenvalue weighted by atomic mass is 9.86. The second kappa shape index (κ2) is 3.24. The molecule has 0 unspecified atom stereocenters. The van der Waals surface area contributed by atoms with Crippen LogP contribution in [-0.4, -0.2) is 11.1 Å². The molecule has 1 rings (SSSR count). The first kappa shape index (κ1) is 8.57. The van der Waals surface area contributed by atoms with E-state index in [2.05, 4.69) is 13.8 Å². The summed E-state index contributed by atoms with van der Waals surface area (Å²) >= 11 is 0. The van der Waals surface area contributed by atoms with Crippen LogP contribution in [0.15, 0.2) is 0 Å². The summed E-state index contributed by atoms with van der Waals surface area (Å²) < 4.78 is 0. The number of aliphatic carboxylic acids is 1. The summed E-state index contributed by atoms with van der Waals surface area (Å²) in [7, 11) is 0.